The van der Waals surface area contributed by atoms with E-state index in [1.807, 2.05) is 7.05 Å². The molecule has 1 N–H and O–H groups in total. The zero-order valence-electron chi connectivity index (χ0n) is 11.1. The summed E-state index contributed by atoms with van der Waals surface area (Å²) in [5.41, 5.74) is 2.74. The van der Waals surface area contributed by atoms with E-state index >= 15 is 0 Å². The first-order valence-corrected chi connectivity index (χ1v) is 6.55. The van der Waals surface area contributed by atoms with Crippen LogP contribution in [0.25, 0.3) is 0 Å². The molecule has 2 nitrogen and oxygen atoms in total. The molecule has 0 aliphatic heterocycles. The monoisotopic (exact) mass is 233 g/mol. The number of nitrogens with one attached hydrogen (secondary N) is 1. The van der Waals surface area contributed by atoms with E-state index in [1.54, 1.807) is 7.11 Å². The zero-order valence-corrected chi connectivity index (χ0v) is 11.1. The first-order valence-electron chi connectivity index (χ1n) is 6.55. The molecule has 0 bridgehead atoms. The number of ether oxygens (including phenoxy) is 1. The van der Waals surface area contributed by atoms with E-state index in [9.17, 15) is 0 Å². The normalized spacial score (nSPS) is 16.9. The smallest absolute Gasteiger partial charge is 0.121 e. The summed E-state index contributed by atoms with van der Waals surface area (Å²) in [7, 11) is 3.77. The maximum absolute atomic E-state index is 5.32. The van der Waals surface area contributed by atoms with Crippen LogP contribution in [0.1, 0.15) is 36.3 Å². The van der Waals surface area contributed by atoms with Crippen LogP contribution < -0.4 is 10.1 Å². The Balaban J connectivity index is 2.14. The largest absolute Gasteiger partial charge is 0.496 e. The molecule has 0 amide bonds. The van der Waals surface area contributed by atoms with Crippen LogP contribution in [0.5, 0.6) is 5.75 Å². The lowest BCUT2D eigenvalue weighted by atomic mass is 9.90. The zero-order chi connectivity index (χ0) is 12.3. The third kappa shape index (κ3) is 3.01. The average Bonchev–Trinajstić information content (AvgIpc) is 3.14. The van der Waals surface area contributed by atoms with Crippen LogP contribution in [0.2, 0.25) is 0 Å². The fraction of sp³-hybridized carbons (Fsp3) is 0.600. The van der Waals surface area contributed by atoms with Gasteiger partial charge in [-0.25, -0.2) is 0 Å². The standard InChI is InChI=1S/C15H23NO/c1-11-10-13(6-7-15(11)17-3)14(8-9-16-2)12-4-5-12/h6-7,10,12,14,16H,4-5,8-9H2,1-3H3. The summed E-state index contributed by atoms with van der Waals surface area (Å²) in [5, 5.41) is 3.26. The van der Waals surface area contributed by atoms with Crippen molar-refractivity contribution in [3.05, 3.63) is 29.3 Å². The minimum atomic E-state index is 0.729. The molecule has 1 aromatic carbocycles. The van der Waals surface area contributed by atoms with Crippen LogP contribution >= 0.6 is 0 Å². The fourth-order valence-corrected chi connectivity index (χ4v) is 2.61. The molecule has 94 valence electrons. The minimum Gasteiger partial charge on any atom is -0.496 e. The maximum atomic E-state index is 5.32. The van der Waals surface area contributed by atoms with Gasteiger partial charge in [0.2, 0.25) is 0 Å². The van der Waals surface area contributed by atoms with Gasteiger partial charge >= 0.3 is 0 Å². The van der Waals surface area contributed by atoms with Crippen molar-refractivity contribution in [2.75, 3.05) is 20.7 Å². The van der Waals surface area contributed by atoms with Crippen molar-refractivity contribution >= 4 is 0 Å². The number of methoxy groups -OCH3 is 1. The lowest BCUT2D eigenvalue weighted by Crippen LogP contribution is -2.13. The lowest BCUT2D eigenvalue weighted by Gasteiger charge is -2.18. The van der Waals surface area contributed by atoms with Gasteiger partial charge in [-0.15, -0.1) is 0 Å². The first kappa shape index (κ1) is 12.4. The molecule has 0 saturated heterocycles. The van der Waals surface area contributed by atoms with Gasteiger partial charge in [0.05, 0.1) is 7.11 Å². The number of aryl methyl sites for hydroxylation is 1. The molecule has 2 heteroatoms. The Morgan fingerprint density at radius 3 is 2.71 bits per heavy atom. The predicted octanol–water partition coefficient (Wildman–Crippen LogP) is 3.11. The molecule has 1 aromatic rings. The van der Waals surface area contributed by atoms with E-state index in [2.05, 4.69) is 30.4 Å². The average molecular weight is 233 g/mol. The highest BCUT2D eigenvalue weighted by Crippen LogP contribution is 2.44. The molecule has 0 radical (unpaired) electrons. The third-order valence-corrected chi connectivity index (χ3v) is 3.74. The Hall–Kier alpha value is -1.02. The van der Waals surface area contributed by atoms with E-state index in [-0.39, 0.29) is 0 Å². The topological polar surface area (TPSA) is 21.3 Å². The molecule has 1 fully saturated rings. The Kier molecular flexibility index (Phi) is 4.06. The second-order valence-electron chi connectivity index (χ2n) is 5.07. The van der Waals surface area contributed by atoms with E-state index in [0.717, 1.165) is 24.1 Å². The number of hydrogen-bond donors (Lipinski definition) is 1. The molecule has 17 heavy (non-hydrogen) atoms. The van der Waals surface area contributed by atoms with Gasteiger partial charge in [-0.3, -0.25) is 0 Å². The van der Waals surface area contributed by atoms with E-state index in [1.165, 1.54) is 30.4 Å². The second-order valence-corrected chi connectivity index (χ2v) is 5.07. The summed E-state index contributed by atoms with van der Waals surface area (Å²) in [5.74, 6) is 2.64. The van der Waals surface area contributed by atoms with Crippen molar-refractivity contribution in [3.63, 3.8) is 0 Å². The molecule has 1 atom stereocenters. The summed E-state index contributed by atoms with van der Waals surface area (Å²) in [6, 6.07) is 6.65. The molecule has 0 aromatic heterocycles. The molecule has 1 saturated carbocycles. The number of rotatable bonds is 6. The van der Waals surface area contributed by atoms with Crippen molar-refractivity contribution in [1.29, 1.82) is 0 Å². The van der Waals surface area contributed by atoms with Crippen molar-refractivity contribution in [2.45, 2.75) is 32.1 Å². The summed E-state index contributed by atoms with van der Waals surface area (Å²) >= 11 is 0. The van der Waals surface area contributed by atoms with Gasteiger partial charge < -0.3 is 10.1 Å². The summed E-state index contributed by atoms with van der Waals surface area (Å²) in [6.45, 7) is 3.23. The maximum Gasteiger partial charge on any atom is 0.121 e. The molecule has 0 spiro atoms. The number of benzene rings is 1. The van der Waals surface area contributed by atoms with Gasteiger partial charge in [-0.05, 0) is 68.8 Å². The van der Waals surface area contributed by atoms with Gasteiger partial charge in [-0.2, -0.15) is 0 Å². The molecule has 1 aliphatic carbocycles. The number of hydrogen-bond acceptors (Lipinski definition) is 2. The molecule has 1 unspecified atom stereocenters. The minimum absolute atomic E-state index is 0.729. The Morgan fingerprint density at radius 2 is 2.18 bits per heavy atom. The SMILES string of the molecule is CNCCC(c1ccc(OC)c(C)c1)C1CC1. The Morgan fingerprint density at radius 1 is 1.41 bits per heavy atom. The molecule has 0 heterocycles. The summed E-state index contributed by atoms with van der Waals surface area (Å²) < 4.78 is 5.32. The van der Waals surface area contributed by atoms with Gasteiger partial charge in [0.15, 0.2) is 0 Å². The van der Waals surface area contributed by atoms with Gasteiger partial charge in [0.25, 0.3) is 0 Å². The molecular weight excluding hydrogens is 210 g/mol. The van der Waals surface area contributed by atoms with E-state index in [4.69, 9.17) is 4.74 Å². The molecular formula is C15H23NO. The van der Waals surface area contributed by atoms with Crippen molar-refractivity contribution in [2.24, 2.45) is 5.92 Å². The highest BCUT2D eigenvalue weighted by molar-refractivity contribution is 5.38. The van der Waals surface area contributed by atoms with E-state index in [0.29, 0.717) is 0 Å². The summed E-state index contributed by atoms with van der Waals surface area (Å²) in [4.78, 5) is 0. The van der Waals surface area contributed by atoms with Crippen molar-refractivity contribution in [1.82, 2.24) is 5.32 Å². The van der Waals surface area contributed by atoms with Crippen molar-refractivity contribution in [3.8, 4) is 5.75 Å². The Labute approximate surface area is 104 Å². The highest BCUT2D eigenvalue weighted by Gasteiger charge is 2.31. The lowest BCUT2D eigenvalue weighted by molar-refractivity contribution is 0.411. The van der Waals surface area contributed by atoms with Crippen LogP contribution in [0.3, 0.4) is 0 Å². The third-order valence-electron chi connectivity index (χ3n) is 3.74. The van der Waals surface area contributed by atoms with Gasteiger partial charge in [0, 0.05) is 0 Å². The van der Waals surface area contributed by atoms with Crippen LogP contribution in [-0.4, -0.2) is 20.7 Å². The van der Waals surface area contributed by atoms with Gasteiger partial charge in [-0.1, -0.05) is 12.1 Å². The Bertz CT molecular complexity index is 371. The van der Waals surface area contributed by atoms with Crippen LogP contribution in [0.4, 0.5) is 0 Å². The highest BCUT2D eigenvalue weighted by atomic mass is 16.5. The summed E-state index contributed by atoms with van der Waals surface area (Å²) in [6.07, 6.45) is 4.05. The van der Waals surface area contributed by atoms with Crippen LogP contribution in [0.15, 0.2) is 18.2 Å². The molecule has 2 rings (SSSR count). The van der Waals surface area contributed by atoms with E-state index < -0.39 is 0 Å². The molecule has 1 aliphatic rings. The fourth-order valence-electron chi connectivity index (χ4n) is 2.61. The van der Waals surface area contributed by atoms with Gasteiger partial charge in [0.1, 0.15) is 5.75 Å². The quantitative estimate of drug-likeness (QED) is 0.815. The first-order chi connectivity index (χ1) is 8.26. The predicted molar refractivity (Wildman–Crippen MR) is 71.7 cm³/mol. The van der Waals surface area contributed by atoms with Crippen molar-refractivity contribution < 1.29 is 4.74 Å². The van der Waals surface area contributed by atoms with Crippen LogP contribution in [-0.2, 0) is 0 Å². The van der Waals surface area contributed by atoms with Crippen LogP contribution in [0, 0.1) is 12.8 Å². The second kappa shape index (κ2) is 5.54.